The van der Waals surface area contributed by atoms with Gasteiger partial charge in [0.2, 0.25) is 0 Å². The van der Waals surface area contributed by atoms with Crippen LogP contribution in [0, 0.1) is 18.7 Å². The summed E-state index contributed by atoms with van der Waals surface area (Å²) in [5, 5.41) is 0. The number of aryl methyl sites for hydroxylation is 1. The maximum Gasteiger partial charge on any atom is 0.123 e. The van der Waals surface area contributed by atoms with Crippen LogP contribution in [0.1, 0.15) is 28.4 Å². The van der Waals surface area contributed by atoms with Crippen LogP contribution in [-0.2, 0) is 6.42 Å². The largest absolute Gasteiger partial charge is 0.207 e. The Morgan fingerprint density at radius 1 is 1.11 bits per heavy atom. The Hall–Kier alpha value is -1.15. The van der Waals surface area contributed by atoms with Crippen molar-refractivity contribution in [1.29, 1.82) is 0 Å². The van der Waals surface area contributed by atoms with E-state index in [0.717, 1.165) is 12.0 Å². The topological polar surface area (TPSA) is 0 Å². The predicted octanol–water partition coefficient (Wildman–Crippen LogP) is 5.45. The van der Waals surface area contributed by atoms with E-state index in [1.54, 1.807) is 12.1 Å². The summed E-state index contributed by atoms with van der Waals surface area (Å²) in [5.74, 6) is 0.291. The standard InChI is InChI=1S/C17H18BrF/c1-12-11-16(19)9-8-15(12)10-13(2)17(18)14-6-4-3-5-7-14/h3-9,11,13,17H,10H2,1-2H3. The number of benzene rings is 2. The van der Waals surface area contributed by atoms with Crippen molar-refractivity contribution < 1.29 is 4.39 Å². The second-order valence-electron chi connectivity index (χ2n) is 5.06. The molecule has 0 fully saturated rings. The second-order valence-corrected chi connectivity index (χ2v) is 6.05. The van der Waals surface area contributed by atoms with E-state index in [2.05, 4.69) is 47.1 Å². The van der Waals surface area contributed by atoms with Crippen LogP contribution in [0.3, 0.4) is 0 Å². The summed E-state index contributed by atoms with van der Waals surface area (Å²) in [6.07, 6.45) is 0.941. The zero-order valence-corrected chi connectivity index (χ0v) is 12.8. The van der Waals surface area contributed by atoms with Crippen molar-refractivity contribution in [2.75, 3.05) is 0 Å². The van der Waals surface area contributed by atoms with Crippen molar-refractivity contribution in [2.24, 2.45) is 5.92 Å². The Morgan fingerprint density at radius 2 is 1.79 bits per heavy atom. The van der Waals surface area contributed by atoms with Gasteiger partial charge in [-0.2, -0.15) is 0 Å². The van der Waals surface area contributed by atoms with E-state index in [4.69, 9.17) is 0 Å². The predicted molar refractivity (Wildman–Crippen MR) is 82.1 cm³/mol. The zero-order chi connectivity index (χ0) is 13.8. The minimum Gasteiger partial charge on any atom is -0.207 e. The zero-order valence-electron chi connectivity index (χ0n) is 11.2. The van der Waals surface area contributed by atoms with E-state index in [0.29, 0.717) is 10.7 Å². The lowest BCUT2D eigenvalue weighted by molar-refractivity contribution is 0.568. The van der Waals surface area contributed by atoms with Crippen molar-refractivity contribution in [3.63, 3.8) is 0 Å². The van der Waals surface area contributed by atoms with Crippen LogP contribution < -0.4 is 0 Å². The molecule has 2 aromatic carbocycles. The van der Waals surface area contributed by atoms with Gasteiger partial charge in [0.05, 0.1) is 0 Å². The molecule has 0 amide bonds. The monoisotopic (exact) mass is 320 g/mol. The Labute approximate surface area is 122 Å². The van der Waals surface area contributed by atoms with E-state index in [-0.39, 0.29) is 5.82 Å². The maximum absolute atomic E-state index is 13.1. The molecule has 0 saturated heterocycles. The molecule has 0 spiro atoms. The van der Waals surface area contributed by atoms with Gasteiger partial charge in [-0.3, -0.25) is 0 Å². The van der Waals surface area contributed by atoms with Crippen molar-refractivity contribution in [3.05, 3.63) is 71.0 Å². The molecular weight excluding hydrogens is 303 g/mol. The Morgan fingerprint density at radius 3 is 2.42 bits per heavy atom. The molecule has 2 atom stereocenters. The van der Waals surface area contributed by atoms with Crippen molar-refractivity contribution >= 4 is 15.9 Å². The van der Waals surface area contributed by atoms with Gasteiger partial charge in [-0.15, -0.1) is 0 Å². The Kier molecular flexibility index (Phi) is 4.76. The first-order chi connectivity index (χ1) is 9.08. The van der Waals surface area contributed by atoms with Gasteiger partial charge >= 0.3 is 0 Å². The highest BCUT2D eigenvalue weighted by molar-refractivity contribution is 9.09. The summed E-state index contributed by atoms with van der Waals surface area (Å²) in [5.41, 5.74) is 3.53. The average Bonchev–Trinajstić information content (AvgIpc) is 2.42. The third kappa shape index (κ3) is 3.66. The van der Waals surface area contributed by atoms with Crippen molar-refractivity contribution in [1.82, 2.24) is 0 Å². The molecule has 2 rings (SSSR count). The minimum absolute atomic E-state index is 0.160. The van der Waals surface area contributed by atoms with Gasteiger partial charge in [0.15, 0.2) is 0 Å². The smallest absolute Gasteiger partial charge is 0.123 e. The molecule has 2 aromatic rings. The van der Waals surface area contributed by atoms with Crippen LogP contribution in [0.25, 0.3) is 0 Å². The van der Waals surface area contributed by atoms with Gasteiger partial charge in [-0.1, -0.05) is 59.3 Å². The molecule has 0 aromatic heterocycles. The number of halogens is 2. The van der Waals surface area contributed by atoms with Crippen molar-refractivity contribution in [2.45, 2.75) is 25.1 Å². The van der Waals surface area contributed by atoms with Gasteiger partial charge in [0.1, 0.15) is 5.82 Å². The molecule has 0 saturated carbocycles. The van der Waals surface area contributed by atoms with Crippen LogP contribution >= 0.6 is 15.9 Å². The average molecular weight is 321 g/mol. The third-order valence-corrected chi connectivity index (χ3v) is 4.90. The summed E-state index contributed by atoms with van der Waals surface area (Å²) in [6, 6.07) is 15.4. The molecule has 19 heavy (non-hydrogen) atoms. The van der Waals surface area contributed by atoms with Crippen LogP contribution in [-0.4, -0.2) is 0 Å². The van der Waals surface area contributed by atoms with Gasteiger partial charge < -0.3 is 0 Å². The molecule has 0 heterocycles. The molecule has 2 heteroatoms. The van der Waals surface area contributed by atoms with Gasteiger partial charge in [-0.25, -0.2) is 4.39 Å². The molecule has 100 valence electrons. The Balaban J connectivity index is 2.10. The lowest BCUT2D eigenvalue weighted by atomic mass is 9.92. The fourth-order valence-electron chi connectivity index (χ4n) is 2.30. The number of alkyl halides is 1. The van der Waals surface area contributed by atoms with E-state index >= 15 is 0 Å². The highest BCUT2D eigenvalue weighted by atomic mass is 79.9. The van der Waals surface area contributed by atoms with Crippen LogP contribution in [0.15, 0.2) is 48.5 Å². The SMILES string of the molecule is Cc1cc(F)ccc1CC(C)C(Br)c1ccccc1. The lowest BCUT2D eigenvalue weighted by Crippen LogP contribution is -2.08. The molecule has 2 unspecified atom stereocenters. The molecule has 0 bridgehead atoms. The third-order valence-electron chi connectivity index (χ3n) is 3.46. The molecule has 0 N–H and O–H groups in total. The fraction of sp³-hybridized carbons (Fsp3) is 0.294. The summed E-state index contributed by atoms with van der Waals surface area (Å²) >= 11 is 3.77. The highest BCUT2D eigenvalue weighted by Gasteiger charge is 2.17. The lowest BCUT2D eigenvalue weighted by Gasteiger charge is -2.20. The first-order valence-corrected chi connectivity index (χ1v) is 7.43. The summed E-state index contributed by atoms with van der Waals surface area (Å²) < 4.78 is 13.1. The number of hydrogen-bond acceptors (Lipinski definition) is 0. The van der Waals surface area contributed by atoms with E-state index in [1.807, 2.05) is 19.1 Å². The first kappa shape index (κ1) is 14.3. The van der Waals surface area contributed by atoms with Gasteiger partial charge in [0.25, 0.3) is 0 Å². The second kappa shape index (κ2) is 6.33. The number of hydrogen-bond donors (Lipinski definition) is 0. The van der Waals surface area contributed by atoms with Crippen LogP contribution in [0.5, 0.6) is 0 Å². The summed E-state index contributed by atoms with van der Waals surface area (Å²) in [7, 11) is 0. The number of rotatable bonds is 4. The quantitative estimate of drug-likeness (QED) is 0.657. The Bertz CT molecular complexity index is 536. The van der Waals surface area contributed by atoms with Gasteiger partial charge in [-0.05, 0) is 48.1 Å². The van der Waals surface area contributed by atoms with E-state index in [9.17, 15) is 4.39 Å². The highest BCUT2D eigenvalue weighted by Crippen LogP contribution is 2.33. The maximum atomic E-state index is 13.1. The summed E-state index contributed by atoms with van der Waals surface area (Å²) in [4.78, 5) is 0.318. The fourth-order valence-corrected chi connectivity index (χ4v) is 2.80. The molecule has 0 radical (unpaired) electrons. The molecular formula is C17H18BrF. The molecule has 0 aliphatic rings. The molecule has 0 aliphatic carbocycles. The van der Waals surface area contributed by atoms with E-state index in [1.165, 1.54) is 11.1 Å². The minimum atomic E-state index is -0.160. The van der Waals surface area contributed by atoms with Crippen LogP contribution in [0.2, 0.25) is 0 Å². The molecule has 0 aliphatic heterocycles. The first-order valence-electron chi connectivity index (χ1n) is 6.52. The van der Waals surface area contributed by atoms with Crippen molar-refractivity contribution in [3.8, 4) is 0 Å². The van der Waals surface area contributed by atoms with Crippen LogP contribution in [0.4, 0.5) is 4.39 Å². The summed E-state index contributed by atoms with van der Waals surface area (Å²) in [6.45, 7) is 4.19. The normalized spacial score (nSPS) is 14.1. The van der Waals surface area contributed by atoms with Gasteiger partial charge in [0, 0.05) is 4.83 Å². The van der Waals surface area contributed by atoms with E-state index < -0.39 is 0 Å². The molecule has 0 nitrogen and oxygen atoms in total.